The maximum absolute atomic E-state index is 5.61. The highest BCUT2D eigenvalue weighted by Gasteiger charge is 1.99. The molecule has 19 heavy (non-hydrogen) atoms. The summed E-state index contributed by atoms with van der Waals surface area (Å²) in [6.07, 6.45) is 4.98. The molecule has 0 spiro atoms. The zero-order valence-electron chi connectivity index (χ0n) is 11.6. The number of nitrogens with zero attached hydrogens (tertiary/aromatic N) is 2. The van der Waals surface area contributed by atoms with E-state index in [9.17, 15) is 0 Å². The van der Waals surface area contributed by atoms with Crippen LogP contribution in [0.2, 0.25) is 0 Å². The van der Waals surface area contributed by atoms with Crippen LogP contribution in [0, 0.1) is 0 Å². The Morgan fingerprint density at radius 2 is 2.21 bits per heavy atom. The largest absolute Gasteiger partial charge is 0.494 e. The Bertz CT molecular complexity index is 508. The van der Waals surface area contributed by atoms with Gasteiger partial charge in [-0.1, -0.05) is 13.0 Å². The van der Waals surface area contributed by atoms with Crippen LogP contribution in [0.5, 0.6) is 5.75 Å². The molecule has 0 amide bonds. The summed E-state index contributed by atoms with van der Waals surface area (Å²) in [6.45, 7) is 6.62. The number of nitrogens with one attached hydrogen (secondary N) is 1. The number of aromatic nitrogens is 2. The van der Waals surface area contributed by atoms with Crippen LogP contribution in [0.25, 0.3) is 0 Å². The smallest absolute Gasteiger partial charge is 0.121 e. The van der Waals surface area contributed by atoms with Crippen molar-refractivity contribution >= 4 is 5.69 Å². The van der Waals surface area contributed by atoms with E-state index in [1.807, 2.05) is 35.1 Å². The molecular weight excluding hydrogens is 238 g/mol. The summed E-state index contributed by atoms with van der Waals surface area (Å²) in [5.41, 5.74) is 2.25. The van der Waals surface area contributed by atoms with Crippen LogP contribution in [0.1, 0.15) is 25.8 Å². The highest BCUT2D eigenvalue weighted by atomic mass is 16.5. The fraction of sp³-hybridized carbons (Fsp3) is 0.400. The first-order valence-corrected chi connectivity index (χ1v) is 6.80. The van der Waals surface area contributed by atoms with E-state index in [0.29, 0.717) is 0 Å². The van der Waals surface area contributed by atoms with Gasteiger partial charge < -0.3 is 10.1 Å². The van der Waals surface area contributed by atoms with Crippen LogP contribution in [0.15, 0.2) is 36.7 Å². The van der Waals surface area contributed by atoms with Gasteiger partial charge in [-0.15, -0.1) is 0 Å². The Hall–Kier alpha value is -1.97. The average molecular weight is 259 g/mol. The molecular formula is C15H21N3O. The molecule has 1 N–H and O–H groups in total. The first-order valence-electron chi connectivity index (χ1n) is 6.80. The van der Waals surface area contributed by atoms with Crippen molar-refractivity contribution < 1.29 is 4.74 Å². The number of rotatable bonds is 7. The lowest BCUT2D eigenvalue weighted by atomic mass is 10.3. The first-order chi connectivity index (χ1) is 9.31. The molecule has 2 rings (SSSR count). The molecule has 0 aliphatic rings. The standard InChI is InChI=1S/C15H21N3O/c1-3-8-19-15-7-5-6-14(9-15)16-10-13-11-17-18(4-2)12-13/h5-7,9,11-12,16H,3-4,8,10H2,1-2H3. The van der Waals surface area contributed by atoms with Crippen molar-refractivity contribution in [1.82, 2.24) is 9.78 Å². The Balaban J connectivity index is 1.91. The quantitative estimate of drug-likeness (QED) is 0.829. The minimum atomic E-state index is 0.757. The van der Waals surface area contributed by atoms with Gasteiger partial charge in [-0.3, -0.25) is 4.68 Å². The highest BCUT2D eigenvalue weighted by Crippen LogP contribution is 2.18. The molecule has 0 radical (unpaired) electrons. The molecule has 0 unspecified atom stereocenters. The topological polar surface area (TPSA) is 39.1 Å². The first kappa shape index (κ1) is 13.5. The van der Waals surface area contributed by atoms with Crippen molar-refractivity contribution in [3.8, 4) is 5.75 Å². The fourth-order valence-electron chi connectivity index (χ4n) is 1.79. The summed E-state index contributed by atoms with van der Waals surface area (Å²) in [7, 11) is 0. The number of aryl methyl sites for hydroxylation is 1. The van der Waals surface area contributed by atoms with Gasteiger partial charge in [-0.2, -0.15) is 5.10 Å². The second-order valence-corrected chi connectivity index (χ2v) is 4.43. The normalized spacial score (nSPS) is 10.4. The highest BCUT2D eigenvalue weighted by molar-refractivity contribution is 5.48. The Morgan fingerprint density at radius 1 is 1.32 bits per heavy atom. The van der Waals surface area contributed by atoms with Crippen molar-refractivity contribution in [2.75, 3.05) is 11.9 Å². The SMILES string of the molecule is CCCOc1cccc(NCc2cnn(CC)c2)c1. The van der Waals surface area contributed by atoms with E-state index in [4.69, 9.17) is 4.74 Å². The number of hydrogen-bond donors (Lipinski definition) is 1. The Morgan fingerprint density at radius 3 is 2.95 bits per heavy atom. The second-order valence-electron chi connectivity index (χ2n) is 4.43. The molecule has 4 nitrogen and oxygen atoms in total. The van der Waals surface area contributed by atoms with Crippen molar-refractivity contribution in [3.05, 3.63) is 42.2 Å². The molecule has 0 saturated heterocycles. The molecule has 1 heterocycles. The molecule has 4 heteroatoms. The third-order valence-corrected chi connectivity index (χ3v) is 2.81. The predicted octanol–water partition coefficient (Wildman–Crippen LogP) is 3.30. The molecule has 1 aromatic carbocycles. The van der Waals surface area contributed by atoms with Crippen molar-refractivity contribution in [2.45, 2.75) is 33.4 Å². The Kier molecular flexibility index (Phi) is 4.84. The summed E-state index contributed by atoms with van der Waals surface area (Å²) in [5.74, 6) is 0.913. The zero-order chi connectivity index (χ0) is 13.5. The van der Waals surface area contributed by atoms with Gasteiger partial charge in [0.1, 0.15) is 5.75 Å². The molecule has 1 aromatic heterocycles. The van der Waals surface area contributed by atoms with Gasteiger partial charge in [0.2, 0.25) is 0 Å². The summed E-state index contributed by atoms with van der Waals surface area (Å²) >= 11 is 0. The third-order valence-electron chi connectivity index (χ3n) is 2.81. The van der Waals surface area contributed by atoms with Gasteiger partial charge in [-0.25, -0.2) is 0 Å². The van der Waals surface area contributed by atoms with Crippen LogP contribution < -0.4 is 10.1 Å². The van der Waals surface area contributed by atoms with Crippen LogP contribution in [-0.2, 0) is 13.1 Å². The lowest BCUT2D eigenvalue weighted by Gasteiger charge is -2.08. The molecule has 0 aliphatic heterocycles. The average Bonchev–Trinajstić information content (AvgIpc) is 2.91. The minimum Gasteiger partial charge on any atom is -0.494 e. The minimum absolute atomic E-state index is 0.757. The van der Waals surface area contributed by atoms with Gasteiger partial charge in [0.25, 0.3) is 0 Å². The number of benzene rings is 1. The Labute approximate surface area is 114 Å². The maximum Gasteiger partial charge on any atom is 0.121 e. The maximum atomic E-state index is 5.61. The van der Waals surface area contributed by atoms with Crippen LogP contribution in [-0.4, -0.2) is 16.4 Å². The second kappa shape index (κ2) is 6.83. The molecule has 0 atom stereocenters. The molecule has 0 saturated carbocycles. The van der Waals surface area contributed by atoms with Crippen molar-refractivity contribution in [3.63, 3.8) is 0 Å². The summed E-state index contributed by atoms with van der Waals surface area (Å²) < 4.78 is 7.54. The van der Waals surface area contributed by atoms with Crippen molar-refractivity contribution in [1.29, 1.82) is 0 Å². The predicted molar refractivity (Wildman–Crippen MR) is 77.5 cm³/mol. The molecule has 0 aliphatic carbocycles. The lowest BCUT2D eigenvalue weighted by molar-refractivity contribution is 0.317. The van der Waals surface area contributed by atoms with Crippen LogP contribution in [0.3, 0.4) is 0 Å². The van der Waals surface area contributed by atoms with E-state index in [2.05, 4.69) is 30.5 Å². The van der Waals surface area contributed by atoms with Crippen molar-refractivity contribution in [2.24, 2.45) is 0 Å². The lowest BCUT2D eigenvalue weighted by Crippen LogP contribution is -2.00. The summed E-state index contributed by atoms with van der Waals surface area (Å²) in [5, 5.41) is 7.64. The van der Waals surface area contributed by atoms with E-state index in [1.54, 1.807) is 0 Å². The zero-order valence-corrected chi connectivity index (χ0v) is 11.6. The van der Waals surface area contributed by atoms with Gasteiger partial charge >= 0.3 is 0 Å². The van der Waals surface area contributed by atoms with Crippen LogP contribution in [0.4, 0.5) is 5.69 Å². The monoisotopic (exact) mass is 259 g/mol. The molecule has 0 fully saturated rings. The molecule has 2 aromatic rings. The summed E-state index contributed by atoms with van der Waals surface area (Å²) in [4.78, 5) is 0. The van der Waals surface area contributed by atoms with Gasteiger partial charge in [-0.05, 0) is 25.5 Å². The fourth-order valence-corrected chi connectivity index (χ4v) is 1.79. The van der Waals surface area contributed by atoms with Crippen LogP contribution >= 0.6 is 0 Å². The molecule has 0 bridgehead atoms. The van der Waals surface area contributed by atoms with E-state index < -0.39 is 0 Å². The number of hydrogen-bond acceptors (Lipinski definition) is 3. The van der Waals surface area contributed by atoms with Gasteiger partial charge in [0, 0.05) is 36.6 Å². The van der Waals surface area contributed by atoms with E-state index in [-0.39, 0.29) is 0 Å². The van der Waals surface area contributed by atoms with E-state index in [0.717, 1.165) is 37.6 Å². The van der Waals surface area contributed by atoms with E-state index in [1.165, 1.54) is 5.56 Å². The van der Waals surface area contributed by atoms with Gasteiger partial charge in [0.05, 0.1) is 12.8 Å². The third kappa shape index (κ3) is 4.02. The number of ether oxygens (including phenoxy) is 1. The summed E-state index contributed by atoms with van der Waals surface area (Å²) in [6, 6.07) is 8.06. The van der Waals surface area contributed by atoms with Gasteiger partial charge in [0.15, 0.2) is 0 Å². The molecule has 102 valence electrons. The van der Waals surface area contributed by atoms with E-state index >= 15 is 0 Å². The number of anilines is 1.